The number of halogens is 1. The highest BCUT2D eigenvalue weighted by Crippen LogP contribution is 2.21. The number of hydrogen-bond donors (Lipinski definition) is 1. The van der Waals surface area contributed by atoms with Gasteiger partial charge in [0.05, 0.1) is 13.7 Å². The fraction of sp³-hybridized carbons (Fsp3) is 0.227. The van der Waals surface area contributed by atoms with Crippen molar-refractivity contribution >= 4 is 23.2 Å². The molecule has 0 bridgehead atoms. The monoisotopic (exact) mass is 428 g/mol. The lowest BCUT2D eigenvalue weighted by molar-refractivity contribution is -0.143. The van der Waals surface area contributed by atoms with Crippen molar-refractivity contribution in [2.45, 2.75) is 26.4 Å². The van der Waals surface area contributed by atoms with Gasteiger partial charge >= 0.3 is 5.97 Å². The van der Waals surface area contributed by atoms with Crippen LogP contribution in [0.3, 0.4) is 0 Å². The molecule has 156 valence electrons. The van der Waals surface area contributed by atoms with E-state index in [9.17, 15) is 18.8 Å². The second-order valence-corrected chi connectivity index (χ2v) is 7.77. The topological polar surface area (TPSA) is 77.4 Å². The van der Waals surface area contributed by atoms with Gasteiger partial charge in [-0.15, -0.1) is 11.3 Å². The number of carbonyl (C=O) groups is 2. The van der Waals surface area contributed by atoms with E-state index in [1.807, 2.05) is 0 Å². The first kappa shape index (κ1) is 21.4. The fourth-order valence-electron chi connectivity index (χ4n) is 3.05. The number of amides is 1. The van der Waals surface area contributed by atoms with Crippen molar-refractivity contribution in [2.75, 3.05) is 7.11 Å². The molecule has 0 aliphatic heterocycles. The van der Waals surface area contributed by atoms with Crippen molar-refractivity contribution in [3.05, 3.63) is 91.3 Å². The van der Waals surface area contributed by atoms with Crippen molar-refractivity contribution in [2.24, 2.45) is 0 Å². The second kappa shape index (κ2) is 9.04. The minimum absolute atomic E-state index is 0.0781. The maximum atomic E-state index is 13.2. The number of thiophene rings is 1. The Hall–Kier alpha value is -3.26. The first-order valence-electron chi connectivity index (χ1n) is 9.19. The molecule has 0 spiro atoms. The first-order chi connectivity index (χ1) is 14.3. The van der Waals surface area contributed by atoms with Crippen LogP contribution in [0.4, 0.5) is 4.39 Å². The molecular formula is C22H21FN2O4S. The Morgan fingerprint density at radius 2 is 1.90 bits per heavy atom. The van der Waals surface area contributed by atoms with Crippen LogP contribution in [0.2, 0.25) is 0 Å². The predicted molar refractivity (Wildman–Crippen MR) is 112 cm³/mol. The number of esters is 1. The van der Waals surface area contributed by atoms with Crippen LogP contribution in [0.25, 0.3) is 0 Å². The van der Waals surface area contributed by atoms with E-state index in [1.54, 1.807) is 43.5 Å². The maximum absolute atomic E-state index is 13.2. The molecule has 0 radical (unpaired) electrons. The van der Waals surface area contributed by atoms with Gasteiger partial charge in [-0.25, -0.2) is 9.18 Å². The highest BCUT2D eigenvalue weighted by molar-refractivity contribution is 7.10. The molecule has 0 aliphatic rings. The van der Waals surface area contributed by atoms with Gasteiger partial charge in [-0.2, -0.15) is 0 Å². The third-order valence-electron chi connectivity index (χ3n) is 4.85. The van der Waals surface area contributed by atoms with Gasteiger partial charge in [0.1, 0.15) is 11.4 Å². The Kier molecular flexibility index (Phi) is 6.47. The van der Waals surface area contributed by atoms with Gasteiger partial charge in [-0.1, -0.05) is 18.2 Å². The summed E-state index contributed by atoms with van der Waals surface area (Å²) in [6.07, 6.45) is 0. The first-order valence-corrected chi connectivity index (χ1v) is 10.1. The summed E-state index contributed by atoms with van der Waals surface area (Å²) in [4.78, 5) is 38.8. The van der Waals surface area contributed by atoms with Crippen LogP contribution in [-0.4, -0.2) is 23.6 Å². The van der Waals surface area contributed by atoms with Crippen molar-refractivity contribution in [1.82, 2.24) is 9.88 Å². The lowest BCUT2D eigenvalue weighted by atomic mass is 10.1. The Bertz CT molecular complexity index is 1120. The zero-order chi connectivity index (χ0) is 21.8. The molecule has 1 aromatic carbocycles. The van der Waals surface area contributed by atoms with E-state index >= 15 is 0 Å². The smallest absolute Gasteiger partial charge is 0.333 e. The van der Waals surface area contributed by atoms with Crippen LogP contribution in [-0.2, 0) is 16.1 Å². The molecule has 30 heavy (non-hydrogen) atoms. The molecule has 8 heteroatoms. The predicted octanol–water partition coefficient (Wildman–Crippen LogP) is 3.36. The zero-order valence-corrected chi connectivity index (χ0v) is 17.6. The van der Waals surface area contributed by atoms with Crippen molar-refractivity contribution in [1.29, 1.82) is 0 Å². The van der Waals surface area contributed by atoms with Gasteiger partial charge in [0.25, 0.3) is 11.5 Å². The van der Waals surface area contributed by atoms with Crippen LogP contribution >= 0.6 is 11.3 Å². The Morgan fingerprint density at radius 3 is 2.50 bits per heavy atom. The molecule has 2 heterocycles. The average molecular weight is 428 g/mol. The Labute approximate surface area is 176 Å². The lowest BCUT2D eigenvalue weighted by Crippen LogP contribution is -2.39. The highest BCUT2D eigenvalue weighted by atomic mass is 32.1. The number of benzene rings is 1. The molecule has 1 amide bonds. The molecule has 3 rings (SSSR count). The molecule has 0 fully saturated rings. The van der Waals surface area contributed by atoms with Crippen LogP contribution < -0.4 is 10.9 Å². The van der Waals surface area contributed by atoms with Gasteiger partial charge < -0.3 is 14.6 Å². The van der Waals surface area contributed by atoms with Crippen molar-refractivity contribution in [3.8, 4) is 0 Å². The van der Waals surface area contributed by atoms with Crippen LogP contribution in [0, 0.1) is 19.7 Å². The van der Waals surface area contributed by atoms with E-state index in [0.29, 0.717) is 10.6 Å². The molecule has 3 aromatic rings. The van der Waals surface area contributed by atoms with Gasteiger partial charge in [-0.3, -0.25) is 9.59 Å². The number of rotatable bonds is 6. The van der Waals surface area contributed by atoms with Gasteiger partial charge in [0, 0.05) is 10.6 Å². The third kappa shape index (κ3) is 4.49. The minimum Gasteiger partial charge on any atom is -0.467 e. The summed E-state index contributed by atoms with van der Waals surface area (Å²) in [6, 6.07) is 9.79. The Morgan fingerprint density at radius 1 is 1.20 bits per heavy atom. The van der Waals surface area contributed by atoms with E-state index < -0.39 is 23.5 Å². The summed E-state index contributed by atoms with van der Waals surface area (Å²) in [6.45, 7) is 3.77. The van der Waals surface area contributed by atoms with E-state index in [-0.39, 0.29) is 17.9 Å². The SMILES string of the molecule is COC(=O)C(NC(=O)c1cc(C)c(C)n(Cc2ccc(F)cc2)c1=O)c1cccs1. The van der Waals surface area contributed by atoms with Gasteiger partial charge in [0.2, 0.25) is 0 Å². The largest absolute Gasteiger partial charge is 0.467 e. The molecule has 6 nitrogen and oxygen atoms in total. The van der Waals surface area contributed by atoms with Crippen LogP contribution in [0.15, 0.2) is 52.6 Å². The van der Waals surface area contributed by atoms with Gasteiger partial charge in [-0.05, 0) is 54.6 Å². The quantitative estimate of drug-likeness (QED) is 0.611. The average Bonchev–Trinajstić information content (AvgIpc) is 3.27. The molecule has 0 saturated carbocycles. The minimum atomic E-state index is -1.01. The standard InChI is InChI=1S/C22H21FN2O4S/c1-13-11-17(20(26)24-19(22(28)29-3)18-5-4-10-30-18)21(27)25(14(13)2)12-15-6-8-16(23)9-7-15/h4-11,19H,12H2,1-3H3,(H,24,26). The summed E-state index contributed by atoms with van der Waals surface area (Å²) < 4.78 is 19.5. The van der Waals surface area contributed by atoms with E-state index in [0.717, 1.165) is 11.1 Å². The number of carbonyl (C=O) groups excluding carboxylic acids is 2. The third-order valence-corrected chi connectivity index (χ3v) is 5.79. The molecular weight excluding hydrogens is 407 g/mol. The van der Waals surface area contributed by atoms with E-state index in [2.05, 4.69) is 5.32 Å². The molecule has 1 atom stereocenters. The number of aromatic nitrogens is 1. The molecule has 1 unspecified atom stereocenters. The lowest BCUT2D eigenvalue weighted by Gasteiger charge is -2.17. The number of nitrogens with one attached hydrogen (secondary N) is 1. The highest BCUT2D eigenvalue weighted by Gasteiger charge is 2.27. The summed E-state index contributed by atoms with van der Waals surface area (Å²) in [5.74, 6) is -1.66. The number of hydrogen-bond acceptors (Lipinski definition) is 5. The maximum Gasteiger partial charge on any atom is 0.333 e. The Balaban J connectivity index is 1.96. The summed E-state index contributed by atoms with van der Waals surface area (Å²) >= 11 is 1.30. The van der Waals surface area contributed by atoms with Crippen LogP contribution in [0.1, 0.15) is 38.1 Å². The normalized spacial score (nSPS) is 11.7. The fourth-order valence-corrected chi connectivity index (χ4v) is 3.81. The second-order valence-electron chi connectivity index (χ2n) is 6.79. The molecule has 0 aliphatic carbocycles. The van der Waals surface area contributed by atoms with Crippen LogP contribution in [0.5, 0.6) is 0 Å². The number of methoxy groups -OCH3 is 1. The van der Waals surface area contributed by atoms with Crippen molar-refractivity contribution in [3.63, 3.8) is 0 Å². The summed E-state index contributed by atoms with van der Waals surface area (Å²) in [7, 11) is 1.24. The number of pyridine rings is 1. The number of nitrogens with zero attached hydrogens (tertiary/aromatic N) is 1. The van der Waals surface area contributed by atoms with Crippen molar-refractivity contribution < 1.29 is 18.7 Å². The summed E-state index contributed by atoms with van der Waals surface area (Å²) in [5.41, 5.74) is 1.60. The summed E-state index contributed by atoms with van der Waals surface area (Å²) in [5, 5.41) is 4.39. The van der Waals surface area contributed by atoms with E-state index in [1.165, 1.54) is 41.2 Å². The zero-order valence-electron chi connectivity index (χ0n) is 16.8. The molecule has 2 aromatic heterocycles. The molecule has 0 saturated heterocycles. The number of aryl methyl sites for hydroxylation is 1. The molecule has 1 N–H and O–H groups in total. The number of ether oxygens (including phenoxy) is 1. The van der Waals surface area contributed by atoms with E-state index in [4.69, 9.17) is 4.74 Å². The van der Waals surface area contributed by atoms with Gasteiger partial charge in [0.15, 0.2) is 6.04 Å².